The molecule has 1 aliphatic rings. The van der Waals surface area contributed by atoms with Crippen molar-refractivity contribution in [2.45, 2.75) is 0 Å². The minimum atomic E-state index is -0.138. The number of nitrogens with zero attached hydrogens (tertiary/aromatic N) is 1. The number of thioether (sulfide) groups is 1. The Kier molecular flexibility index (Phi) is 4.87. The Morgan fingerprint density at radius 2 is 1.83 bits per heavy atom. The zero-order valence-electron chi connectivity index (χ0n) is 13.2. The van der Waals surface area contributed by atoms with E-state index < -0.39 is 0 Å². The summed E-state index contributed by atoms with van der Waals surface area (Å²) >= 11 is 6.65. The minimum Gasteiger partial charge on any atom is -0.497 e. The standard InChI is InChI=1S/C18H15NO3S2/c1-21-14-8-9-15(22-2)12(10-14)11-16-17(20)19(18(23)24-16)13-6-4-3-5-7-13/h3-11H,1-2H3/b16-11-. The molecule has 1 saturated heterocycles. The van der Waals surface area contributed by atoms with Gasteiger partial charge in [0.1, 0.15) is 11.5 Å². The van der Waals surface area contributed by atoms with E-state index in [4.69, 9.17) is 21.7 Å². The van der Waals surface area contributed by atoms with Gasteiger partial charge in [0.05, 0.1) is 24.8 Å². The van der Waals surface area contributed by atoms with Crippen molar-refractivity contribution in [1.29, 1.82) is 0 Å². The minimum absolute atomic E-state index is 0.138. The van der Waals surface area contributed by atoms with Crippen LogP contribution in [0.4, 0.5) is 5.69 Å². The second-order valence-electron chi connectivity index (χ2n) is 4.96. The lowest BCUT2D eigenvalue weighted by molar-refractivity contribution is -0.113. The number of para-hydroxylation sites is 1. The molecule has 0 aromatic heterocycles. The molecule has 122 valence electrons. The van der Waals surface area contributed by atoms with Gasteiger partial charge in [0.2, 0.25) is 0 Å². The molecule has 2 aromatic carbocycles. The van der Waals surface area contributed by atoms with Crippen LogP contribution in [0.15, 0.2) is 53.4 Å². The van der Waals surface area contributed by atoms with Gasteiger partial charge in [0, 0.05) is 5.56 Å². The monoisotopic (exact) mass is 357 g/mol. The van der Waals surface area contributed by atoms with E-state index in [1.807, 2.05) is 48.5 Å². The second-order valence-corrected chi connectivity index (χ2v) is 6.64. The van der Waals surface area contributed by atoms with Crippen molar-refractivity contribution in [2.75, 3.05) is 19.1 Å². The highest BCUT2D eigenvalue weighted by Gasteiger charge is 2.33. The maximum atomic E-state index is 12.8. The van der Waals surface area contributed by atoms with E-state index in [1.165, 1.54) is 11.8 Å². The summed E-state index contributed by atoms with van der Waals surface area (Å²) in [5, 5.41) is 0. The van der Waals surface area contributed by atoms with Crippen LogP contribution in [0.1, 0.15) is 5.56 Å². The topological polar surface area (TPSA) is 38.8 Å². The van der Waals surface area contributed by atoms with E-state index >= 15 is 0 Å². The molecular formula is C18H15NO3S2. The summed E-state index contributed by atoms with van der Waals surface area (Å²) in [6.45, 7) is 0. The van der Waals surface area contributed by atoms with Gasteiger partial charge in [-0.15, -0.1) is 0 Å². The molecule has 2 aromatic rings. The molecular weight excluding hydrogens is 342 g/mol. The number of hydrogen-bond donors (Lipinski definition) is 0. The molecule has 0 bridgehead atoms. The Balaban J connectivity index is 1.98. The van der Waals surface area contributed by atoms with Crippen LogP contribution >= 0.6 is 24.0 Å². The number of benzene rings is 2. The van der Waals surface area contributed by atoms with Crippen LogP contribution in [-0.4, -0.2) is 24.4 Å². The van der Waals surface area contributed by atoms with Crippen molar-refractivity contribution in [2.24, 2.45) is 0 Å². The second kappa shape index (κ2) is 7.07. The predicted molar refractivity (Wildman–Crippen MR) is 102 cm³/mol. The van der Waals surface area contributed by atoms with Crippen LogP contribution < -0.4 is 14.4 Å². The smallest absolute Gasteiger partial charge is 0.270 e. The maximum absolute atomic E-state index is 12.8. The summed E-state index contributed by atoms with van der Waals surface area (Å²) < 4.78 is 11.1. The summed E-state index contributed by atoms with van der Waals surface area (Å²) in [5.74, 6) is 1.22. The van der Waals surface area contributed by atoms with Crippen LogP contribution in [0.3, 0.4) is 0 Å². The Hall–Kier alpha value is -2.31. The van der Waals surface area contributed by atoms with Crippen molar-refractivity contribution < 1.29 is 14.3 Å². The van der Waals surface area contributed by atoms with E-state index in [1.54, 1.807) is 25.2 Å². The van der Waals surface area contributed by atoms with Gasteiger partial charge in [-0.05, 0) is 36.4 Å². The van der Waals surface area contributed by atoms with Crippen LogP contribution in [0.2, 0.25) is 0 Å². The van der Waals surface area contributed by atoms with E-state index in [0.717, 1.165) is 11.3 Å². The van der Waals surface area contributed by atoms with Gasteiger partial charge in [0.25, 0.3) is 5.91 Å². The van der Waals surface area contributed by atoms with Gasteiger partial charge in [-0.25, -0.2) is 0 Å². The number of hydrogen-bond acceptors (Lipinski definition) is 5. The molecule has 4 nitrogen and oxygen atoms in total. The first-order chi connectivity index (χ1) is 11.6. The lowest BCUT2D eigenvalue weighted by Gasteiger charge is -2.13. The average molecular weight is 357 g/mol. The molecule has 1 fully saturated rings. The fourth-order valence-electron chi connectivity index (χ4n) is 2.36. The Morgan fingerprint density at radius 1 is 1.08 bits per heavy atom. The molecule has 0 atom stereocenters. The summed E-state index contributed by atoms with van der Waals surface area (Å²) in [6.07, 6.45) is 1.78. The van der Waals surface area contributed by atoms with Crippen LogP contribution in [-0.2, 0) is 4.79 Å². The third-order valence-electron chi connectivity index (χ3n) is 3.53. The molecule has 0 radical (unpaired) electrons. The predicted octanol–water partition coefficient (Wildman–Crippen LogP) is 4.11. The summed E-state index contributed by atoms with van der Waals surface area (Å²) in [7, 11) is 3.19. The molecule has 3 rings (SSSR count). The van der Waals surface area contributed by atoms with Gasteiger partial charge in [-0.2, -0.15) is 0 Å². The Bertz CT molecular complexity index is 818. The van der Waals surface area contributed by atoms with Crippen molar-refractivity contribution in [3.05, 3.63) is 59.0 Å². The average Bonchev–Trinajstić information content (AvgIpc) is 2.89. The first kappa shape index (κ1) is 16.5. The molecule has 1 heterocycles. The lowest BCUT2D eigenvalue weighted by Crippen LogP contribution is -2.27. The number of amides is 1. The number of ether oxygens (including phenoxy) is 2. The summed E-state index contributed by atoms with van der Waals surface area (Å²) in [5.41, 5.74) is 1.53. The lowest BCUT2D eigenvalue weighted by atomic mass is 10.1. The number of methoxy groups -OCH3 is 2. The highest BCUT2D eigenvalue weighted by Crippen LogP contribution is 2.37. The van der Waals surface area contributed by atoms with Gasteiger partial charge in [-0.3, -0.25) is 9.69 Å². The first-order valence-corrected chi connectivity index (χ1v) is 8.41. The highest BCUT2D eigenvalue weighted by atomic mass is 32.2. The number of carbonyl (C=O) groups excluding carboxylic acids is 1. The summed E-state index contributed by atoms with van der Waals surface area (Å²) in [4.78, 5) is 14.8. The molecule has 0 N–H and O–H groups in total. The van der Waals surface area contributed by atoms with Crippen molar-refractivity contribution >= 4 is 46.0 Å². The van der Waals surface area contributed by atoms with Crippen molar-refractivity contribution in [1.82, 2.24) is 0 Å². The van der Waals surface area contributed by atoms with Crippen LogP contribution in [0.25, 0.3) is 6.08 Å². The van der Waals surface area contributed by atoms with E-state index in [-0.39, 0.29) is 5.91 Å². The molecule has 0 aliphatic carbocycles. The third kappa shape index (κ3) is 3.16. The quantitative estimate of drug-likeness (QED) is 0.608. The number of rotatable bonds is 4. The zero-order chi connectivity index (χ0) is 17.1. The van der Waals surface area contributed by atoms with E-state index in [9.17, 15) is 4.79 Å². The molecule has 0 unspecified atom stereocenters. The van der Waals surface area contributed by atoms with Gasteiger partial charge < -0.3 is 9.47 Å². The number of anilines is 1. The van der Waals surface area contributed by atoms with Crippen LogP contribution in [0, 0.1) is 0 Å². The molecule has 0 spiro atoms. The molecule has 6 heteroatoms. The highest BCUT2D eigenvalue weighted by molar-refractivity contribution is 8.27. The fraction of sp³-hybridized carbons (Fsp3) is 0.111. The van der Waals surface area contributed by atoms with E-state index in [2.05, 4.69) is 0 Å². The molecule has 1 amide bonds. The SMILES string of the molecule is COc1ccc(OC)c(/C=C2\SC(=S)N(c3ccccc3)C2=O)c1. The van der Waals surface area contributed by atoms with Crippen LogP contribution in [0.5, 0.6) is 11.5 Å². The zero-order valence-corrected chi connectivity index (χ0v) is 14.8. The Morgan fingerprint density at radius 3 is 2.50 bits per heavy atom. The normalized spacial score (nSPS) is 15.9. The van der Waals surface area contributed by atoms with Gasteiger partial charge >= 0.3 is 0 Å². The summed E-state index contributed by atoms with van der Waals surface area (Å²) in [6, 6.07) is 14.8. The Labute approximate surface area is 150 Å². The van der Waals surface area contributed by atoms with Gasteiger partial charge in [-0.1, -0.05) is 42.2 Å². The number of carbonyl (C=O) groups is 1. The largest absolute Gasteiger partial charge is 0.497 e. The van der Waals surface area contributed by atoms with E-state index in [0.29, 0.717) is 20.7 Å². The van der Waals surface area contributed by atoms with Crippen molar-refractivity contribution in [3.8, 4) is 11.5 Å². The maximum Gasteiger partial charge on any atom is 0.270 e. The molecule has 1 aliphatic heterocycles. The van der Waals surface area contributed by atoms with Gasteiger partial charge in [0.15, 0.2) is 4.32 Å². The van der Waals surface area contributed by atoms with Crippen molar-refractivity contribution in [3.63, 3.8) is 0 Å². The fourth-order valence-corrected chi connectivity index (χ4v) is 3.65. The molecule has 0 saturated carbocycles. The number of thiocarbonyl (C=S) groups is 1. The third-order valence-corrected chi connectivity index (χ3v) is 4.83. The molecule has 24 heavy (non-hydrogen) atoms. The first-order valence-electron chi connectivity index (χ1n) is 7.19.